The highest BCUT2D eigenvalue weighted by Gasteiger charge is 2.26. The van der Waals surface area contributed by atoms with E-state index in [9.17, 15) is 9.59 Å². The number of methoxy groups -OCH3 is 1. The largest absolute Gasteiger partial charge is 0.497 e. The van der Waals surface area contributed by atoms with E-state index in [1.54, 1.807) is 17.7 Å². The van der Waals surface area contributed by atoms with Crippen LogP contribution in [0.4, 0.5) is 0 Å². The molecule has 0 N–H and O–H groups in total. The van der Waals surface area contributed by atoms with Crippen LogP contribution >= 0.6 is 0 Å². The van der Waals surface area contributed by atoms with Crippen LogP contribution in [0.2, 0.25) is 0 Å². The molecule has 1 aliphatic carbocycles. The summed E-state index contributed by atoms with van der Waals surface area (Å²) in [6.45, 7) is 0. The summed E-state index contributed by atoms with van der Waals surface area (Å²) >= 11 is 0. The number of benzene rings is 2. The van der Waals surface area contributed by atoms with Gasteiger partial charge in [-0.1, -0.05) is 31.4 Å². The molecule has 1 heterocycles. The first-order valence-corrected chi connectivity index (χ1v) is 8.84. The van der Waals surface area contributed by atoms with Gasteiger partial charge in [0.2, 0.25) is 5.91 Å². The maximum absolute atomic E-state index is 13.3. The number of carbonyl (C=O) groups is 2. The summed E-state index contributed by atoms with van der Waals surface area (Å²) < 4.78 is 7.16. The number of ether oxygens (including phenoxy) is 1. The fourth-order valence-corrected chi connectivity index (χ4v) is 3.99. The van der Waals surface area contributed by atoms with E-state index in [1.165, 1.54) is 6.42 Å². The molecule has 25 heavy (non-hydrogen) atoms. The first-order chi connectivity index (χ1) is 12.2. The summed E-state index contributed by atoms with van der Waals surface area (Å²) in [6.07, 6.45) is 6.13. The van der Waals surface area contributed by atoms with Crippen LogP contribution in [0.15, 0.2) is 36.4 Å². The van der Waals surface area contributed by atoms with E-state index in [1.807, 2.05) is 30.3 Å². The second-order valence-corrected chi connectivity index (χ2v) is 6.79. The van der Waals surface area contributed by atoms with E-state index in [0.29, 0.717) is 5.56 Å². The molecule has 128 valence electrons. The van der Waals surface area contributed by atoms with Crippen LogP contribution < -0.4 is 4.74 Å². The van der Waals surface area contributed by atoms with Crippen LogP contribution in [-0.4, -0.2) is 23.9 Å². The van der Waals surface area contributed by atoms with Gasteiger partial charge in [-0.05, 0) is 31.0 Å². The van der Waals surface area contributed by atoms with Gasteiger partial charge in [0.05, 0.1) is 18.1 Å². The van der Waals surface area contributed by atoms with Crippen molar-refractivity contribution < 1.29 is 14.3 Å². The molecule has 1 fully saturated rings. The highest BCUT2D eigenvalue weighted by atomic mass is 16.5. The zero-order valence-corrected chi connectivity index (χ0v) is 14.3. The van der Waals surface area contributed by atoms with Gasteiger partial charge in [-0.2, -0.15) is 0 Å². The minimum atomic E-state index is 0.0543. The molecule has 0 radical (unpaired) electrons. The molecule has 0 atom stereocenters. The van der Waals surface area contributed by atoms with Crippen LogP contribution in [0.3, 0.4) is 0 Å². The van der Waals surface area contributed by atoms with E-state index in [-0.39, 0.29) is 11.8 Å². The predicted molar refractivity (Wildman–Crippen MR) is 98.6 cm³/mol. The zero-order chi connectivity index (χ0) is 17.4. The van der Waals surface area contributed by atoms with Crippen LogP contribution in [0.1, 0.15) is 47.3 Å². The van der Waals surface area contributed by atoms with Gasteiger partial charge in [0.25, 0.3) is 0 Å². The monoisotopic (exact) mass is 335 g/mol. The number of carbonyl (C=O) groups excluding carboxylic acids is 2. The van der Waals surface area contributed by atoms with Crippen molar-refractivity contribution in [2.24, 2.45) is 5.92 Å². The van der Waals surface area contributed by atoms with Crippen LogP contribution in [0.5, 0.6) is 5.75 Å². The Morgan fingerprint density at radius 2 is 1.72 bits per heavy atom. The molecular weight excluding hydrogens is 314 g/mol. The molecule has 0 spiro atoms. The zero-order valence-electron chi connectivity index (χ0n) is 14.3. The molecule has 1 aliphatic rings. The Kier molecular flexibility index (Phi) is 4.04. The van der Waals surface area contributed by atoms with Gasteiger partial charge in [0.15, 0.2) is 0 Å². The Hall–Kier alpha value is -2.62. The van der Waals surface area contributed by atoms with Gasteiger partial charge < -0.3 is 4.74 Å². The lowest BCUT2D eigenvalue weighted by molar-refractivity contribution is 0.0812. The third kappa shape index (κ3) is 2.62. The molecule has 0 unspecified atom stereocenters. The minimum Gasteiger partial charge on any atom is -0.497 e. The van der Waals surface area contributed by atoms with E-state index in [2.05, 4.69) is 0 Å². The summed E-state index contributed by atoms with van der Waals surface area (Å²) in [7, 11) is 1.63. The van der Waals surface area contributed by atoms with Gasteiger partial charge in [-0.3, -0.25) is 14.2 Å². The van der Waals surface area contributed by atoms with Crippen molar-refractivity contribution in [1.82, 2.24) is 4.57 Å². The molecule has 0 saturated heterocycles. The Morgan fingerprint density at radius 1 is 1.04 bits per heavy atom. The molecular formula is C21H21NO3. The number of hydrogen-bond acceptors (Lipinski definition) is 3. The van der Waals surface area contributed by atoms with Gasteiger partial charge >= 0.3 is 0 Å². The second-order valence-electron chi connectivity index (χ2n) is 6.79. The van der Waals surface area contributed by atoms with Crippen molar-refractivity contribution in [2.45, 2.75) is 32.1 Å². The van der Waals surface area contributed by atoms with E-state index in [4.69, 9.17) is 4.74 Å². The van der Waals surface area contributed by atoms with Crippen molar-refractivity contribution >= 4 is 34.0 Å². The third-order valence-electron chi connectivity index (χ3n) is 5.31. The van der Waals surface area contributed by atoms with Crippen LogP contribution in [-0.2, 0) is 0 Å². The van der Waals surface area contributed by atoms with Crippen LogP contribution in [0, 0.1) is 5.92 Å². The molecule has 0 amide bonds. The lowest BCUT2D eigenvalue weighted by atomic mass is 9.88. The maximum Gasteiger partial charge on any atom is 0.234 e. The maximum atomic E-state index is 13.3. The predicted octanol–water partition coefficient (Wildman–Crippen LogP) is 4.84. The highest BCUT2D eigenvalue weighted by Crippen LogP contribution is 2.34. The summed E-state index contributed by atoms with van der Waals surface area (Å²) in [5, 5.41) is 2.00. The molecule has 2 aromatic carbocycles. The van der Waals surface area contributed by atoms with E-state index in [0.717, 1.165) is 59.5 Å². The number of hydrogen-bond donors (Lipinski definition) is 0. The number of aldehydes is 1. The second kappa shape index (κ2) is 6.36. The molecule has 4 nitrogen and oxygen atoms in total. The lowest BCUT2D eigenvalue weighted by Gasteiger charge is -2.21. The SMILES string of the molecule is COc1ccc2c3ccc(C=O)cc3n(C(=O)C3CCCCC3)c2c1. The molecule has 1 saturated carbocycles. The van der Waals surface area contributed by atoms with Gasteiger partial charge in [-0.25, -0.2) is 0 Å². The molecule has 0 aliphatic heterocycles. The topological polar surface area (TPSA) is 48.3 Å². The normalized spacial score (nSPS) is 15.6. The third-order valence-corrected chi connectivity index (χ3v) is 5.31. The average Bonchev–Trinajstić information content (AvgIpc) is 3.00. The summed E-state index contributed by atoms with van der Waals surface area (Å²) in [5.41, 5.74) is 2.25. The van der Waals surface area contributed by atoms with Crippen LogP contribution in [0.25, 0.3) is 21.8 Å². The van der Waals surface area contributed by atoms with Crippen molar-refractivity contribution in [3.05, 3.63) is 42.0 Å². The smallest absolute Gasteiger partial charge is 0.234 e. The van der Waals surface area contributed by atoms with Crippen molar-refractivity contribution in [2.75, 3.05) is 7.11 Å². The Labute approximate surface area is 146 Å². The molecule has 0 bridgehead atoms. The fourth-order valence-electron chi connectivity index (χ4n) is 3.99. The minimum absolute atomic E-state index is 0.0543. The van der Waals surface area contributed by atoms with E-state index >= 15 is 0 Å². The Bertz CT molecular complexity index is 964. The summed E-state index contributed by atoms with van der Waals surface area (Å²) in [6, 6.07) is 11.4. The number of aromatic nitrogens is 1. The van der Waals surface area contributed by atoms with Crippen molar-refractivity contribution in [3.8, 4) is 5.75 Å². The van der Waals surface area contributed by atoms with Crippen molar-refractivity contribution in [1.29, 1.82) is 0 Å². The molecule has 4 heteroatoms. The molecule has 3 aromatic rings. The number of rotatable bonds is 3. The fraction of sp³-hybridized carbons (Fsp3) is 0.333. The summed E-state index contributed by atoms with van der Waals surface area (Å²) in [4.78, 5) is 24.6. The lowest BCUT2D eigenvalue weighted by Crippen LogP contribution is -2.23. The first kappa shape index (κ1) is 15.9. The van der Waals surface area contributed by atoms with Gasteiger partial charge in [0, 0.05) is 28.3 Å². The van der Waals surface area contributed by atoms with E-state index < -0.39 is 0 Å². The number of fused-ring (bicyclic) bond motifs is 3. The Morgan fingerprint density at radius 3 is 2.40 bits per heavy atom. The summed E-state index contributed by atoms with van der Waals surface area (Å²) in [5.74, 6) is 0.915. The van der Waals surface area contributed by atoms with Gasteiger partial charge in [-0.15, -0.1) is 0 Å². The quantitative estimate of drug-likeness (QED) is 0.644. The van der Waals surface area contributed by atoms with Gasteiger partial charge in [0.1, 0.15) is 12.0 Å². The highest BCUT2D eigenvalue weighted by molar-refractivity contribution is 6.14. The molecule has 4 rings (SSSR count). The first-order valence-electron chi connectivity index (χ1n) is 8.84. The average molecular weight is 335 g/mol. The number of nitrogens with zero attached hydrogens (tertiary/aromatic N) is 1. The molecule has 1 aromatic heterocycles. The Balaban J connectivity index is 1.99. The standard InChI is InChI=1S/C21H21NO3/c1-25-16-8-10-18-17-9-7-14(13-23)11-19(17)22(20(18)12-16)21(24)15-5-3-2-4-6-15/h7-13,15H,2-6H2,1H3. The van der Waals surface area contributed by atoms with Crippen molar-refractivity contribution in [3.63, 3.8) is 0 Å².